The molecule has 142 valence electrons. The lowest BCUT2D eigenvalue weighted by Crippen LogP contribution is -2.22. The Morgan fingerprint density at radius 1 is 0.786 bits per heavy atom. The molecule has 0 amide bonds. The highest BCUT2D eigenvalue weighted by atomic mass is 32.2. The third kappa shape index (κ3) is 3.41. The van der Waals surface area contributed by atoms with Gasteiger partial charge in [0.25, 0.3) is 0 Å². The van der Waals surface area contributed by atoms with Crippen molar-refractivity contribution in [2.75, 3.05) is 14.1 Å². The molecule has 0 spiro atoms. The van der Waals surface area contributed by atoms with Gasteiger partial charge in [0.15, 0.2) is 0 Å². The molecule has 28 heavy (non-hydrogen) atoms. The van der Waals surface area contributed by atoms with Gasteiger partial charge in [-0.1, -0.05) is 60.7 Å². The Bertz CT molecular complexity index is 1110. The Morgan fingerprint density at radius 3 is 1.93 bits per heavy atom. The van der Waals surface area contributed by atoms with Gasteiger partial charge in [-0.15, -0.1) is 0 Å². The molecule has 4 rings (SSSR count). The molecular weight excluding hydrogens is 366 g/mol. The number of aryl methyl sites for hydroxylation is 2. The Labute approximate surface area is 167 Å². The van der Waals surface area contributed by atoms with E-state index in [9.17, 15) is 8.42 Å². The van der Waals surface area contributed by atoms with Crippen LogP contribution in [0.1, 0.15) is 27.8 Å². The average Bonchev–Trinajstić information content (AvgIpc) is 2.86. The smallest absolute Gasteiger partial charge is 0.207 e. The molecule has 1 aliphatic rings. The molecule has 0 radical (unpaired) electrons. The summed E-state index contributed by atoms with van der Waals surface area (Å²) < 4.78 is 26.3. The Morgan fingerprint density at radius 2 is 1.36 bits per heavy atom. The number of hydrogen-bond acceptors (Lipinski definition) is 2. The first-order chi connectivity index (χ1) is 13.5. The zero-order valence-electron chi connectivity index (χ0n) is 16.1. The maximum Gasteiger partial charge on any atom is 0.242 e. The molecule has 1 aliphatic carbocycles. The second-order valence-corrected chi connectivity index (χ2v) is 9.38. The van der Waals surface area contributed by atoms with Gasteiger partial charge in [0.05, 0.1) is 4.90 Å². The van der Waals surface area contributed by atoms with Crippen molar-refractivity contribution in [2.45, 2.75) is 17.7 Å². The predicted molar refractivity (Wildman–Crippen MR) is 115 cm³/mol. The second-order valence-electron chi connectivity index (χ2n) is 7.23. The molecule has 0 N–H and O–H groups in total. The zero-order valence-corrected chi connectivity index (χ0v) is 16.9. The van der Waals surface area contributed by atoms with Crippen LogP contribution in [0.4, 0.5) is 0 Å². The summed E-state index contributed by atoms with van der Waals surface area (Å²) in [6.07, 6.45) is 4.11. The molecule has 3 aromatic carbocycles. The third-order valence-corrected chi connectivity index (χ3v) is 7.04. The van der Waals surface area contributed by atoms with Crippen LogP contribution in [0.2, 0.25) is 0 Å². The standard InChI is InChI=1S/C24H23NO2S/c1-25(2)28(26,27)21-11-7-8-18(16-21)17-24-22-12-5-3-9-19(22)14-15-20-10-4-6-13-23(20)24/h3-13,16-17H,14-15H2,1-2H3. The van der Waals surface area contributed by atoms with E-state index >= 15 is 0 Å². The van der Waals surface area contributed by atoms with Crippen LogP contribution in [0.3, 0.4) is 0 Å². The van der Waals surface area contributed by atoms with Gasteiger partial charge in [0.2, 0.25) is 10.0 Å². The van der Waals surface area contributed by atoms with Crippen LogP contribution < -0.4 is 0 Å². The summed E-state index contributed by atoms with van der Waals surface area (Å²) in [7, 11) is -0.357. The van der Waals surface area contributed by atoms with Crippen molar-refractivity contribution in [3.63, 3.8) is 0 Å². The molecular formula is C24H23NO2S. The minimum Gasteiger partial charge on any atom is -0.207 e. The first kappa shape index (κ1) is 18.7. The Balaban J connectivity index is 1.91. The molecule has 0 saturated heterocycles. The van der Waals surface area contributed by atoms with Crippen molar-refractivity contribution in [1.29, 1.82) is 0 Å². The van der Waals surface area contributed by atoms with E-state index in [2.05, 4.69) is 54.6 Å². The fourth-order valence-electron chi connectivity index (χ4n) is 3.71. The van der Waals surface area contributed by atoms with Crippen LogP contribution in [0, 0.1) is 0 Å². The highest BCUT2D eigenvalue weighted by Gasteiger charge is 2.19. The van der Waals surface area contributed by atoms with Gasteiger partial charge in [-0.25, -0.2) is 12.7 Å². The zero-order chi connectivity index (χ0) is 19.7. The summed E-state index contributed by atoms with van der Waals surface area (Å²) in [6, 6.07) is 24.1. The van der Waals surface area contributed by atoms with Gasteiger partial charge in [0.1, 0.15) is 0 Å². The lowest BCUT2D eigenvalue weighted by atomic mass is 9.92. The predicted octanol–water partition coefficient (Wildman–Crippen LogP) is 4.62. The molecule has 0 bridgehead atoms. The number of nitrogens with zero attached hydrogens (tertiary/aromatic N) is 1. The quantitative estimate of drug-likeness (QED) is 0.655. The van der Waals surface area contributed by atoms with Crippen molar-refractivity contribution in [2.24, 2.45) is 0 Å². The Kier molecular flexibility index (Phi) is 4.92. The van der Waals surface area contributed by atoms with Crippen LogP contribution in [-0.2, 0) is 22.9 Å². The summed E-state index contributed by atoms with van der Waals surface area (Å²) in [5, 5.41) is 0. The SMILES string of the molecule is CN(C)S(=O)(=O)c1cccc(C=C2c3ccccc3CCc3ccccc32)c1. The van der Waals surface area contributed by atoms with Crippen molar-refractivity contribution >= 4 is 21.7 Å². The third-order valence-electron chi connectivity index (χ3n) is 5.23. The van der Waals surface area contributed by atoms with E-state index in [-0.39, 0.29) is 0 Å². The topological polar surface area (TPSA) is 37.4 Å². The summed E-state index contributed by atoms with van der Waals surface area (Å²) >= 11 is 0. The molecule has 4 heteroatoms. The monoisotopic (exact) mass is 389 g/mol. The highest BCUT2D eigenvalue weighted by molar-refractivity contribution is 7.89. The van der Waals surface area contributed by atoms with E-state index in [0.29, 0.717) is 4.90 Å². The number of rotatable bonds is 3. The van der Waals surface area contributed by atoms with Gasteiger partial charge >= 0.3 is 0 Å². The first-order valence-electron chi connectivity index (χ1n) is 9.37. The van der Waals surface area contributed by atoms with Gasteiger partial charge in [-0.3, -0.25) is 0 Å². The van der Waals surface area contributed by atoms with Crippen molar-refractivity contribution in [3.8, 4) is 0 Å². The lowest BCUT2D eigenvalue weighted by Gasteiger charge is -2.14. The number of sulfonamides is 1. The van der Waals surface area contributed by atoms with E-state index in [0.717, 1.165) is 24.0 Å². The van der Waals surface area contributed by atoms with E-state index in [1.807, 2.05) is 6.07 Å². The summed E-state index contributed by atoms with van der Waals surface area (Å²) in [6.45, 7) is 0. The molecule has 3 aromatic rings. The Hall–Kier alpha value is -2.69. The lowest BCUT2D eigenvalue weighted by molar-refractivity contribution is 0.520. The minimum absolute atomic E-state index is 0.307. The van der Waals surface area contributed by atoms with E-state index in [1.54, 1.807) is 32.3 Å². The maximum atomic E-state index is 12.5. The fraction of sp³-hybridized carbons (Fsp3) is 0.167. The number of benzene rings is 3. The van der Waals surface area contributed by atoms with Gasteiger partial charge in [-0.2, -0.15) is 0 Å². The minimum atomic E-state index is -3.46. The van der Waals surface area contributed by atoms with Crippen LogP contribution in [-0.4, -0.2) is 26.8 Å². The molecule has 0 saturated carbocycles. The summed E-state index contributed by atoms with van der Waals surface area (Å²) in [5.74, 6) is 0. The van der Waals surface area contributed by atoms with Crippen molar-refractivity contribution in [1.82, 2.24) is 4.31 Å². The number of fused-ring (bicyclic) bond motifs is 2. The van der Waals surface area contributed by atoms with Crippen LogP contribution in [0.15, 0.2) is 77.7 Å². The second kappa shape index (κ2) is 7.38. The van der Waals surface area contributed by atoms with E-state index in [1.165, 1.54) is 26.6 Å². The van der Waals surface area contributed by atoms with Gasteiger partial charge in [-0.05, 0) is 64.4 Å². The average molecular weight is 390 g/mol. The summed E-state index contributed by atoms with van der Waals surface area (Å²) in [4.78, 5) is 0.307. The molecule has 0 aliphatic heterocycles. The van der Waals surface area contributed by atoms with E-state index < -0.39 is 10.0 Å². The first-order valence-corrected chi connectivity index (χ1v) is 10.8. The van der Waals surface area contributed by atoms with Crippen LogP contribution >= 0.6 is 0 Å². The number of hydrogen-bond donors (Lipinski definition) is 0. The molecule has 0 aromatic heterocycles. The van der Waals surface area contributed by atoms with Crippen LogP contribution in [0.5, 0.6) is 0 Å². The molecule has 0 unspecified atom stereocenters. The molecule has 0 heterocycles. The van der Waals surface area contributed by atoms with Crippen LogP contribution in [0.25, 0.3) is 11.6 Å². The van der Waals surface area contributed by atoms with Gasteiger partial charge < -0.3 is 0 Å². The fourth-order valence-corrected chi connectivity index (χ4v) is 4.67. The maximum absolute atomic E-state index is 12.5. The van der Waals surface area contributed by atoms with E-state index in [4.69, 9.17) is 0 Å². The van der Waals surface area contributed by atoms with Gasteiger partial charge in [0, 0.05) is 14.1 Å². The highest BCUT2D eigenvalue weighted by Crippen LogP contribution is 2.35. The summed E-state index contributed by atoms with van der Waals surface area (Å²) in [5.41, 5.74) is 7.10. The molecule has 3 nitrogen and oxygen atoms in total. The molecule has 0 fully saturated rings. The van der Waals surface area contributed by atoms with Crippen molar-refractivity contribution < 1.29 is 8.42 Å². The van der Waals surface area contributed by atoms with Crippen molar-refractivity contribution in [3.05, 3.63) is 101 Å². The largest absolute Gasteiger partial charge is 0.242 e. The normalized spacial score (nSPS) is 13.6. The molecule has 0 atom stereocenters.